The quantitative estimate of drug-likeness (QED) is 0.763. The van der Waals surface area contributed by atoms with Gasteiger partial charge in [-0.1, -0.05) is 31.5 Å². The smallest absolute Gasteiger partial charge is 0.0481 e. The van der Waals surface area contributed by atoms with E-state index in [4.69, 9.17) is 0 Å². The van der Waals surface area contributed by atoms with Gasteiger partial charge in [0.15, 0.2) is 0 Å². The molecule has 0 amide bonds. The molecular weight excluding hydrogens is 308 g/mol. The third-order valence-electron chi connectivity index (χ3n) is 7.43. The Kier molecular flexibility index (Phi) is 3.67. The average molecular weight is 334 g/mol. The van der Waals surface area contributed by atoms with E-state index in [2.05, 4.69) is 41.4 Å². The van der Waals surface area contributed by atoms with Crippen molar-refractivity contribution in [2.45, 2.75) is 43.7 Å². The average Bonchev–Trinajstić information content (AvgIpc) is 3.11. The number of fused-ring (bicyclic) bond motifs is 2. The van der Waals surface area contributed by atoms with Gasteiger partial charge in [0.25, 0.3) is 0 Å². The van der Waals surface area contributed by atoms with Crippen LogP contribution < -0.4 is 17.7 Å². The van der Waals surface area contributed by atoms with E-state index in [1.807, 2.05) is 0 Å². The molecule has 1 aliphatic carbocycles. The Morgan fingerprint density at radius 2 is 2.17 bits per heavy atom. The third-order valence-corrected chi connectivity index (χ3v) is 7.43. The van der Waals surface area contributed by atoms with E-state index < -0.39 is 0 Å². The predicted molar refractivity (Wildman–Crippen MR) is 88.0 cm³/mol. The van der Waals surface area contributed by atoms with Crippen molar-refractivity contribution in [3.8, 4) is 0 Å². The van der Waals surface area contributed by atoms with Crippen molar-refractivity contribution in [2.24, 2.45) is 17.8 Å². The first-order valence-electron chi connectivity index (χ1n) is 9.00. The number of aliphatic hydroxyl groups is 1. The molecule has 1 saturated carbocycles. The molecule has 2 saturated heterocycles. The van der Waals surface area contributed by atoms with Crippen LogP contribution in [0.15, 0.2) is 24.3 Å². The maximum absolute atomic E-state index is 10.2. The highest BCUT2D eigenvalue weighted by molar-refractivity contribution is 5.64. The number of hydrogen-bond acceptors (Lipinski definition) is 3. The lowest BCUT2D eigenvalue weighted by molar-refractivity contribution is -0.0363. The minimum absolute atomic E-state index is 0. The second-order valence-corrected chi connectivity index (χ2v) is 7.88. The maximum atomic E-state index is 10.2. The van der Waals surface area contributed by atoms with Gasteiger partial charge in [-0.3, -0.25) is 4.90 Å². The van der Waals surface area contributed by atoms with Crippen molar-refractivity contribution < 1.29 is 17.5 Å². The molecule has 1 aromatic rings. The van der Waals surface area contributed by atoms with Crippen LogP contribution in [0.1, 0.15) is 31.7 Å². The molecule has 2 bridgehead atoms. The molecule has 3 fully saturated rings. The number of hydrogen-bond donors (Lipinski definition) is 2. The van der Waals surface area contributed by atoms with E-state index >= 15 is 0 Å². The molecule has 23 heavy (non-hydrogen) atoms. The summed E-state index contributed by atoms with van der Waals surface area (Å²) >= 11 is 0. The fourth-order valence-corrected chi connectivity index (χ4v) is 6.53. The Morgan fingerprint density at radius 1 is 1.35 bits per heavy atom. The van der Waals surface area contributed by atoms with Crippen molar-refractivity contribution in [3.63, 3.8) is 0 Å². The molecule has 4 heteroatoms. The van der Waals surface area contributed by atoms with E-state index in [0.717, 1.165) is 5.92 Å². The first-order chi connectivity index (χ1) is 10.8. The van der Waals surface area contributed by atoms with Crippen LogP contribution in [0, 0.1) is 17.8 Å². The van der Waals surface area contributed by atoms with Gasteiger partial charge in [0, 0.05) is 42.3 Å². The van der Waals surface area contributed by atoms with Crippen molar-refractivity contribution in [1.82, 2.24) is 4.90 Å². The number of aliphatic hydroxyl groups excluding tert-OH is 1. The number of anilines is 1. The first kappa shape index (κ1) is 15.7. The number of halogens is 1. The molecule has 3 heterocycles. The summed E-state index contributed by atoms with van der Waals surface area (Å²) in [5.41, 5.74) is 3.10. The molecule has 0 unspecified atom stereocenters. The molecule has 126 valence electrons. The lowest BCUT2D eigenvalue weighted by Crippen LogP contribution is -3.00. The highest BCUT2D eigenvalue weighted by atomic mass is 35.5. The Bertz CT molecular complexity index is 609. The summed E-state index contributed by atoms with van der Waals surface area (Å²) in [6, 6.07) is 10.0. The zero-order valence-electron chi connectivity index (χ0n) is 13.7. The minimum atomic E-state index is 0. The fourth-order valence-electron chi connectivity index (χ4n) is 6.53. The molecule has 4 aliphatic rings. The van der Waals surface area contributed by atoms with Gasteiger partial charge in [0.2, 0.25) is 0 Å². The van der Waals surface area contributed by atoms with Gasteiger partial charge in [-0.05, 0) is 42.9 Å². The van der Waals surface area contributed by atoms with Gasteiger partial charge in [0.1, 0.15) is 0 Å². The molecule has 1 aromatic carbocycles. The van der Waals surface area contributed by atoms with Crippen LogP contribution in [-0.2, 0) is 5.41 Å². The summed E-state index contributed by atoms with van der Waals surface area (Å²) in [5, 5.41) is 14.1. The van der Waals surface area contributed by atoms with Crippen molar-refractivity contribution in [3.05, 3.63) is 29.8 Å². The normalized spacial score (nSPS) is 43.3. The zero-order valence-corrected chi connectivity index (χ0v) is 14.5. The second-order valence-electron chi connectivity index (χ2n) is 7.88. The zero-order chi connectivity index (χ0) is 14.9. The van der Waals surface area contributed by atoms with Crippen LogP contribution in [0.4, 0.5) is 5.69 Å². The molecule has 3 nitrogen and oxygen atoms in total. The Hall–Kier alpha value is -0.770. The summed E-state index contributed by atoms with van der Waals surface area (Å²) in [4.78, 5) is 2.77. The number of rotatable bonds is 2. The Morgan fingerprint density at radius 3 is 2.96 bits per heavy atom. The van der Waals surface area contributed by atoms with E-state index in [9.17, 15) is 5.11 Å². The van der Waals surface area contributed by atoms with Crippen molar-refractivity contribution in [2.75, 3.05) is 25.0 Å². The van der Waals surface area contributed by atoms with Gasteiger partial charge in [-0.25, -0.2) is 0 Å². The van der Waals surface area contributed by atoms with Gasteiger partial charge in [-0.15, -0.1) is 0 Å². The van der Waals surface area contributed by atoms with Crippen molar-refractivity contribution in [1.29, 1.82) is 0 Å². The van der Waals surface area contributed by atoms with Crippen LogP contribution in [0.25, 0.3) is 0 Å². The molecule has 2 N–H and O–H groups in total. The minimum Gasteiger partial charge on any atom is -1.00 e. The van der Waals surface area contributed by atoms with Crippen molar-refractivity contribution >= 4 is 5.69 Å². The standard InChI is InChI=1S/C19H26N2O.ClH/c1-2-12-10-21-8-7-19-15-5-3-4-6-16(15)20-18(19)14(11-22)13(12)9-17(19)21;/h3-6,12-14,17-18,20,22H,2,7-11H2,1H3;1H/p-1/t12-,13+,14-,17+,18+,19-;/m1./s1. The molecule has 0 aromatic heterocycles. The highest BCUT2D eigenvalue weighted by Gasteiger charge is 2.65. The predicted octanol–water partition coefficient (Wildman–Crippen LogP) is -0.535. The number of para-hydroxylation sites is 1. The van der Waals surface area contributed by atoms with Crippen LogP contribution in [-0.4, -0.2) is 41.8 Å². The lowest BCUT2D eigenvalue weighted by atomic mass is 9.54. The van der Waals surface area contributed by atoms with Crippen LogP contribution >= 0.6 is 0 Å². The number of benzene rings is 1. The molecule has 0 radical (unpaired) electrons. The van der Waals surface area contributed by atoms with E-state index in [0.29, 0.717) is 30.5 Å². The molecular formula is C19H26ClN2O-. The van der Waals surface area contributed by atoms with Gasteiger partial charge >= 0.3 is 0 Å². The van der Waals surface area contributed by atoms with Crippen LogP contribution in [0.5, 0.6) is 0 Å². The van der Waals surface area contributed by atoms with E-state index in [1.54, 1.807) is 0 Å². The summed E-state index contributed by atoms with van der Waals surface area (Å²) in [6.45, 7) is 5.15. The molecule has 6 atom stereocenters. The Labute approximate surface area is 144 Å². The topological polar surface area (TPSA) is 35.5 Å². The van der Waals surface area contributed by atoms with E-state index in [-0.39, 0.29) is 17.8 Å². The largest absolute Gasteiger partial charge is 1.00 e. The second kappa shape index (κ2) is 5.37. The van der Waals surface area contributed by atoms with Crippen LogP contribution in [0.3, 0.4) is 0 Å². The first-order valence-corrected chi connectivity index (χ1v) is 9.00. The molecule has 3 aliphatic heterocycles. The highest BCUT2D eigenvalue weighted by Crippen LogP contribution is 2.61. The SMILES string of the molecule is CC[C@@H]1CN2CC[C@]34c5ccccc5N[C@H]3[C@H](CO)[C@H]1C[C@H]24.[Cl-]. The Balaban J connectivity index is 0.00000135. The maximum Gasteiger partial charge on any atom is 0.0481 e. The third kappa shape index (κ3) is 1.79. The number of nitrogens with one attached hydrogen (secondary N) is 1. The summed E-state index contributed by atoms with van der Waals surface area (Å²) in [5.74, 6) is 1.86. The number of nitrogens with zero attached hydrogens (tertiary/aromatic N) is 1. The number of piperidine rings is 1. The summed E-state index contributed by atoms with van der Waals surface area (Å²) in [6.07, 6.45) is 3.79. The van der Waals surface area contributed by atoms with Gasteiger partial charge in [0.05, 0.1) is 0 Å². The monoisotopic (exact) mass is 333 g/mol. The lowest BCUT2D eigenvalue weighted by Gasteiger charge is -2.56. The fraction of sp³-hybridized carbons (Fsp3) is 0.684. The van der Waals surface area contributed by atoms with Gasteiger partial charge in [-0.2, -0.15) is 0 Å². The van der Waals surface area contributed by atoms with Crippen LogP contribution in [0.2, 0.25) is 0 Å². The molecule has 5 rings (SSSR count). The summed E-state index contributed by atoms with van der Waals surface area (Å²) in [7, 11) is 0. The molecule has 1 spiro atoms. The van der Waals surface area contributed by atoms with E-state index in [1.165, 1.54) is 43.6 Å². The van der Waals surface area contributed by atoms with Gasteiger partial charge < -0.3 is 22.8 Å². The summed E-state index contributed by atoms with van der Waals surface area (Å²) < 4.78 is 0.